The van der Waals surface area contributed by atoms with Crippen LogP contribution < -0.4 is 4.74 Å². The lowest BCUT2D eigenvalue weighted by Gasteiger charge is -2.46. The van der Waals surface area contributed by atoms with Gasteiger partial charge in [0.2, 0.25) is 0 Å². The fraction of sp³-hybridized carbons (Fsp3) is 0.625. The van der Waals surface area contributed by atoms with Gasteiger partial charge in [-0.2, -0.15) is 18.3 Å². The summed E-state index contributed by atoms with van der Waals surface area (Å²) >= 11 is 0. The molecule has 9 heteroatoms. The van der Waals surface area contributed by atoms with Gasteiger partial charge < -0.3 is 9.64 Å². The predicted octanol–water partition coefficient (Wildman–Crippen LogP) is 3.58. The number of ether oxygens (including phenoxy) is 1. The van der Waals surface area contributed by atoms with Gasteiger partial charge >= 0.3 is 6.18 Å². The van der Waals surface area contributed by atoms with Gasteiger partial charge in [-0.1, -0.05) is 0 Å². The summed E-state index contributed by atoms with van der Waals surface area (Å²) in [7, 11) is 2.13. The number of likely N-dealkylation sites (tertiary alicyclic amines) is 1. The van der Waals surface area contributed by atoms with Crippen molar-refractivity contribution in [3.05, 3.63) is 47.8 Å². The van der Waals surface area contributed by atoms with E-state index in [0.717, 1.165) is 83.9 Å². The lowest BCUT2D eigenvalue weighted by molar-refractivity contribution is -0.137. The lowest BCUT2D eigenvalue weighted by atomic mass is 9.91. The highest BCUT2D eigenvalue weighted by Gasteiger charge is 2.40. The summed E-state index contributed by atoms with van der Waals surface area (Å²) in [6.45, 7) is 10.1. The first-order chi connectivity index (χ1) is 15.7. The summed E-state index contributed by atoms with van der Waals surface area (Å²) in [4.78, 5) is 7.14. The van der Waals surface area contributed by atoms with Crippen LogP contribution in [0.1, 0.15) is 30.9 Å². The molecule has 2 aromatic rings. The highest BCUT2D eigenvalue weighted by Crippen LogP contribution is 2.33. The zero-order chi connectivity index (χ0) is 23.5. The van der Waals surface area contributed by atoms with Gasteiger partial charge in [-0.25, -0.2) is 0 Å². The van der Waals surface area contributed by atoms with Crippen LogP contribution in [0.5, 0.6) is 5.75 Å². The monoisotopic (exact) mass is 465 g/mol. The van der Waals surface area contributed by atoms with E-state index in [1.807, 2.05) is 10.9 Å². The molecule has 3 heterocycles. The molecule has 0 radical (unpaired) electrons. The highest BCUT2D eigenvalue weighted by molar-refractivity contribution is 5.29. The zero-order valence-corrected chi connectivity index (χ0v) is 19.5. The Bertz CT molecular complexity index is 892. The molecule has 0 saturated carbocycles. The summed E-state index contributed by atoms with van der Waals surface area (Å²) in [5.41, 5.74) is 0.0530. The van der Waals surface area contributed by atoms with Crippen molar-refractivity contribution < 1.29 is 17.9 Å². The van der Waals surface area contributed by atoms with Crippen molar-refractivity contribution in [3.8, 4) is 5.75 Å². The van der Waals surface area contributed by atoms with Gasteiger partial charge in [0.05, 0.1) is 11.8 Å². The van der Waals surface area contributed by atoms with E-state index in [9.17, 15) is 13.2 Å². The standard InChI is InChI=1S/C24H34F3N5O/c1-3-32-17-20(15-28-32)16-31-10-4-9-23(19-31,18-30-13-11-29(2)12-14-30)33-22-7-5-21(6-8-22)24(25,26)27/h5-8,15,17H,3-4,9-14,16,18-19H2,1-2H3. The van der Waals surface area contributed by atoms with Gasteiger partial charge in [-0.3, -0.25) is 14.5 Å². The Morgan fingerprint density at radius 1 is 1.03 bits per heavy atom. The zero-order valence-electron chi connectivity index (χ0n) is 19.5. The third-order valence-electron chi connectivity index (χ3n) is 6.66. The molecule has 0 spiro atoms. The van der Waals surface area contributed by atoms with Crippen LogP contribution in [0.2, 0.25) is 0 Å². The molecule has 0 bridgehead atoms. The van der Waals surface area contributed by atoms with Gasteiger partial charge in [-0.15, -0.1) is 0 Å². The van der Waals surface area contributed by atoms with Gasteiger partial charge in [0.15, 0.2) is 0 Å². The number of likely N-dealkylation sites (N-methyl/N-ethyl adjacent to an activating group) is 1. The molecule has 1 aromatic heterocycles. The van der Waals surface area contributed by atoms with Crippen LogP contribution in [-0.4, -0.2) is 82.9 Å². The Morgan fingerprint density at radius 2 is 1.76 bits per heavy atom. The molecule has 6 nitrogen and oxygen atoms in total. The van der Waals surface area contributed by atoms with E-state index in [-0.39, 0.29) is 0 Å². The van der Waals surface area contributed by atoms with Crippen LogP contribution in [0.3, 0.4) is 0 Å². The van der Waals surface area contributed by atoms with Crippen molar-refractivity contribution in [1.82, 2.24) is 24.5 Å². The first kappa shape index (κ1) is 24.0. The van der Waals surface area contributed by atoms with Gasteiger partial charge in [0.25, 0.3) is 0 Å². The molecule has 0 N–H and O–H groups in total. The quantitative estimate of drug-likeness (QED) is 0.625. The highest BCUT2D eigenvalue weighted by atomic mass is 19.4. The van der Waals surface area contributed by atoms with Crippen molar-refractivity contribution in [2.45, 2.75) is 44.6 Å². The van der Waals surface area contributed by atoms with E-state index >= 15 is 0 Å². The van der Waals surface area contributed by atoms with Crippen LogP contribution >= 0.6 is 0 Å². The molecule has 2 aliphatic heterocycles. The van der Waals surface area contributed by atoms with Crippen molar-refractivity contribution in [3.63, 3.8) is 0 Å². The second-order valence-corrected chi connectivity index (χ2v) is 9.41. The first-order valence-electron chi connectivity index (χ1n) is 11.8. The predicted molar refractivity (Wildman–Crippen MR) is 121 cm³/mol. The number of nitrogens with zero attached hydrogens (tertiary/aromatic N) is 5. The summed E-state index contributed by atoms with van der Waals surface area (Å²) < 4.78 is 47.5. The Labute approximate surface area is 193 Å². The smallest absolute Gasteiger partial charge is 0.416 e. The fourth-order valence-electron chi connectivity index (χ4n) is 4.86. The van der Waals surface area contributed by atoms with E-state index in [0.29, 0.717) is 5.75 Å². The number of halogens is 3. The molecular weight excluding hydrogens is 431 g/mol. The fourth-order valence-corrected chi connectivity index (χ4v) is 4.86. The minimum absolute atomic E-state index is 0.464. The number of piperidine rings is 1. The summed E-state index contributed by atoms with van der Waals surface area (Å²) in [5.74, 6) is 0.498. The maximum absolute atomic E-state index is 13.0. The molecule has 0 aliphatic carbocycles. The maximum atomic E-state index is 13.0. The number of aryl methyl sites for hydroxylation is 1. The Balaban J connectivity index is 1.51. The lowest BCUT2D eigenvalue weighted by Crippen LogP contribution is -2.59. The number of alkyl halides is 3. The van der Waals surface area contributed by atoms with E-state index in [4.69, 9.17) is 4.74 Å². The molecule has 4 rings (SSSR count). The first-order valence-corrected chi connectivity index (χ1v) is 11.8. The van der Waals surface area contributed by atoms with Gasteiger partial charge in [-0.05, 0) is 57.6 Å². The maximum Gasteiger partial charge on any atom is 0.416 e. The van der Waals surface area contributed by atoms with Crippen LogP contribution in [-0.2, 0) is 19.3 Å². The SMILES string of the molecule is CCn1cc(CN2CCCC(CN3CCN(C)CC3)(Oc3ccc(C(F)(F)F)cc3)C2)cn1. The van der Waals surface area contributed by atoms with Gasteiger partial charge in [0.1, 0.15) is 11.4 Å². The topological polar surface area (TPSA) is 36.8 Å². The number of hydrogen-bond acceptors (Lipinski definition) is 5. The molecule has 1 aromatic carbocycles. The van der Waals surface area contributed by atoms with Crippen LogP contribution in [0.15, 0.2) is 36.7 Å². The molecule has 1 atom stereocenters. The Kier molecular flexibility index (Phi) is 7.31. The third kappa shape index (κ3) is 6.28. The Morgan fingerprint density at radius 3 is 2.39 bits per heavy atom. The van der Waals surface area contributed by atoms with E-state index in [1.54, 1.807) is 0 Å². The van der Waals surface area contributed by atoms with Crippen LogP contribution in [0.4, 0.5) is 13.2 Å². The Hall–Kier alpha value is -2.10. The molecule has 2 fully saturated rings. The molecule has 1 unspecified atom stereocenters. The number of aromatic nitrogens is 2. The van der Waals surface area contributed by atoms with Crippen LogP contribution in [0.25, 0.3) is 0 Å². The molecule has 33 heavy (non-hydrogen) atoms. The molecule has 0 amide bonds. The van der Waals surface area contributed by atoms with Crippen molar-refractivity contribution in [2.24, 2.45) is 0 Å². The summed E-state index contributed by atoms with van der Waals surface area (Å²) in [6, 6.07) is 5.13. The number of benzene rings is 1. The van der Waals surface area contributed by atoms with Gasteiger partial charge in [0, 0.05) is 64.1 Å². The van der Waals surface area contributed by atoms with E-state index in [1.165, 1.54) is 17.7 Å². The minimum atomic E-state index is -4.35. The summed E-state index contributed by atoms with van der Waals surface area (Å²) in [6.07, 6.45) is 1.51. The van der Waals surface area contributed by atoms with Crippen molar-refractivity contribution >= 4 is 0 Å². The van der Waals surface area contributed by atoms with Crippen LogP contribution in [0, 0.1) is 0 Å². The van der Waals surface area contributed by atoms with Crippen molar-refractivity contribution in [2.75, 3.05) is 52.9 Å². The molecule has 182 valence electrons. The minimum Gasteiger partial charge on any atom is -0.485 e. The second kappa shape index (κ2) is 10.0. The largest absolute Gasteiger partial charge is 0.485 e. The average Bonchev–Trinajstić information content (AvgIpc) is 3.23. The van der Waals surface area contributed by atoms with Crippen molar-refractivity contribution in [1.29, 1.82) is 0 Å². The van der Waals surface area contributed by atoms with E-state index in [2.05, 4.69) is 40.0 Å². The number of piperazine rings is 1. The third-order valence-corrected chi connectivity index (χ3v) is 6.66. The number of rotatable bonds is 7. The molecule has 2 aliphatic rings. The summed E-state index contributed by atoms with van der Waals surface area (Å²) in [5, 5.41) is 4.39. The number of hydrogen-bond donors (Lipinski definition) is 0. The van der Waals surface area contributed by atoms with E-state index < -0.39 is 17.3 Å². The second-order valence-electron chi connectivity index (χ2n) is 9.41. The molecular formula is C24H34F3N5O. The average molecular weight is 466 g/mol. The normalized spacial score (nSPS) is 23.7. The molecule has 2 saturated heterocycles.